The number of non-ortho nitro benzene ring substituents is 1. The molecule has 0 aliphatic rings. The molecule has 0 bridgehead atoms. The van der Waals surface area contributed by atoms with Crippen LogP contribution in [0.5, 0.6) is 0 Å². The normalized spacial score (nSPS) is 11.2. The Morgan fingerprint density at radius 3 is 2.24 bits per heavy atom. The van der Waals surface area contributed by atoms with Gasteiger partial charge in [0.05, 0.1) is 11.5 Å². The lowest BCUT2D eigenvalue weighted by molar-refractivity contribution is -0.384. The summed E-state index contributed by atoms with van der Waals surface area (Å²) in [6.45, 7) is 5.33. The van der Waals surface area contributed by atoms with Gasteiger partial charge in [-0.1, -0.05) is 18.2 Å². The summed E-state index contributed by atoms with van der Waals surface area (Å²) in [5.74, 6) is -0.909. The molecule has 9 nitrogen and oxygen atoms in total. The summed E-state index contributed by atoms with van der Waals surface area (Å²) >= 11 is 0. The maximum absolute atomic E-state index is 14.4. The zero-order valence-electron chi connectivity index (χ0n) is 20.4. The van der Waals surface area contributed by atoms with Crippen LogP contribution in [0.3, 0.4) is 0 Å². The quantitative estimate of drug-likeness (QED) is 0.235. The summed E-state index contributed by atoms with van der Waals surface area (Å²) in [5, 5.41) is 17.1. The van der Waals surface area contributed by atoms with E-state index in [1.165, 1.54) is 24.3 Å². The zero-order valence-corrected chi connectivity index (χ0v) is 20.4. The summed E-state index contributed by atoms with van der Waals surface area (Å²) < 4.78 is 21.2. The Balaban J connectivity index is 1.60. The van der Waals surface area contributed by atoms with E-state index in [-0.39, 0.29) is 17.9 Å². The average Bonchev–Trinajstić information content (AvgIpc) is 3.18. The van der Waals surface area contributed by atoms with Gasteiger partial charge in [-0.05, 0) is 63.2 Å². The van der Waals surface area contributed by atoms with Gasteiger partial charge in [0.1, 0.15) is 17.1 Å². The van der Waals surface area contributed by atoms with Crippen molar-refractivity contribution >= 4 is 40.0 Å². The van der Waals surface area contributed by atoms with Gasteiger partial charge in [-0.3, -0.25) is 20.2 Å². The number of nitro groups is 1. The van der Waals surface area contributed by atoms with Crippen molar-refractivity contribution < 1.29 is 23.6 Å². The molecule has 0 saturated carbocycles. The molecular weight excluding hydrogens is 479 g/mol. The van der Waals surface area contributed by atoms with E-state index in [1.54, 1.807) is 73.9 Å². The number of fused-ring (bicyclic) bond motifs is 1. The van der Waals surface area contributed by atoms with Crippen molar-refractivity contribution in [2.24, 2.45) is 0 Å². The lowest BCUT2D eigenvalue weighted by atomic mass is 10.2. The van der Waals surface area contributed by atoms with E-state index in [9.17, 15) is 24.1 Å². The van der Waals surface area contributed by atoms with Gasteiger partial charge in [-0.25, -0.2) is 9.18 Å². The second kappa shape index (κ2) is 10.1. The van der Waals surface area contributed by atoms with Crippen LogP contribution in [0.1, 0.15) is 36.8 Å². The summed E-state index contributed by atoms with van der Waals surface area (Å²) in [5.41, 5.74) is 1.30. The molecule has 0 aliphatic heterocycles. The fourth-order valence-corrected chi connectivity index (χ4v) is 3.78. The molecule has 3 aromatic carbocycles. The van der Waals surface area contributed by atoms with Crippen molar-refractivity contribution in [3.8, 4) is 0 Å². The number of nitrogens with one attached hydrogen (secondary N) is 2. The lowest BCUT2D eigenvalue weighted by Crippen LogP contribution is -2.27. The molecule has 0 saturated heterocycles. The van der Waals surface area contributed by atoms with Crippen LogP contribution in [0, 0.1) is 15.9 Å². The number of nitro benzene ring substituents is 1. The minimum atomic E-state index is -0.639. The van der Waals surface area contributed by atoms with Crippen LogP contribution >= 0.6 is 0 Å². The second-order valence-corrected chi connectivity index (χ2v) is 9.37. The van der Waals surface area contributed by atoms with E-state index in [1.807, 2.05) is 0 Å². The highest BCUT2D eigenvalue weighted by Crippen LogP contribution is 2.27. The molecule has 190 valence electrons. The van der Waals surface area contributed by atoms with Crippen LogP contribution in [0.25, 0.3) is 10.9 Å². The Hall–Kier alpha value is -4.73. The first-order valence-electron chi connectivity index (χ1n) is 11.4. The van der Waals surface area contributed by atoms with E-state index in [2.05, 4.69) is 10.6 Å². The summed E-state index contributed by atoms with van der Waals surface area (Å²) in [7, 11) is 0. The number of hydrogen-bond donors (Lipinski definition) is 2. The number of rotatable bonds is 6. The smallest absolute Gasteiger partial charge is 0.412 e. The Bertz CT molecular complexity index is 1490. The first kappa shape index (κ1) is 25.4. The van der Waals surface area contributed by atoms with Crippen LogP contribution in [-0.4, -0.2) is 27.1 Å². The number of nitrogens with zero attached hydrogens (tertiary/aromatic N) is 2. The van der Waals surface area contributed by atoms with Gasteiger partial charge in [0.15, 0.2) is 0 Å². The molecule has 0 aliphatic carbocycles. The van der Waals surface area contributed by atoms with Crippen molar-refractivity contribution in [1.82, 2.24) is 4.57 Å². The number of benzene rings is 3. The SMILES string of the molecule is CC(C)(C)OC(=O)Nc1ccc(NC(=O)c2cc3cc([N+](=O)[O-])ccc3n2Cc2ccccc2F)cc1. The molecule has 0 fully saturated rings. The number of carbonyl (C=O) groups is 2. The maximum Gasteiger partial charge on any atom is 0.412 e. The van der Waals surface area contributed by atoms with Crippen molar-refractivity contribution in [2.45, 2.75) is 32.9 Å². The Kier molecular flexibility index (Phi) is 6.92. The van der Waals surface area contributed by atoms with Gasteiger partial charge in [-0.15, -0.1) is 0 Å². The lowest BCUT2D eigenvalue weighted by Gasteiger charge is -2.19. The molecule has 4 rings (SSSR count). The molecule has 1 heterocycles. The Morgan fingerprint density at radius 1 is 0.973 bits per heavy atom. The van der Waals surface area contributed by atoms with Gasteiger partial charge in [0.2, 0.25) is 0 Å². The topological polar surface area (TPSA) is 116 Å². The number of ether oxygens (including phenoxy) is 1. The van der Waals surface area contributed by atoms with E-state index < -0.39 is 28.3 Å². The fraction of sp³-hybridized carbons (Fsp3) is 0.185. The van der Waals surface area contributed by atoms with Crippen molar-refractivity contribution in [1.29, 1.82) is 0 Å². The molecule has 2 N–H and O–H groups in total. The van der Waals surface area contributed by atoms with Gasteiger partial charge >= 0.3 is 6.09 Å². The molecule has 1 aromatic heterocycles. The van der Waals surface area contributed by atoms with Crippen LogP contribution in [0.15, 0.2) is 72.8 Å². The first-order chi connectivity index (χ1) is 17.5. The number of halogens is 1. The molecule has 0 radical (unpaired) electrons. The molecule has 0 spiro atoms. The molecule has 2 amide bonds. The highest BCUT2D eigenvalue weighted by molar-refractivity contribution is 6.06. The number of carbonyl (C=O) groups excluding carboxylic acids is 2. The highest BCUT2D eigenvalue weighted by atomic mass is 19.1. The number of amides is 2. The molecule has 0 atom stereocenters. The van der Waals surface area contributed by atoms with Crippen LogP contribution in [-0.2, 0) is 11.3 Å². The first-order valence-corrected chi connectivity index (χ1v) is 11.4. The highest BCUT2D eigenvalue weighted by Gasteiger charge is 2.20. The van der Waals surface area contributed by atoms with Gasteiger partial charge in [0.25, 0.3) is 11.6 Å². The predicted octanol–water partition coefficient (Wildman–Crippen LogP) is 6.34. The van der Waals surface area contributed by atoms with Gasteiger partial charge < -0.3 is 14.6 Å². The third-order valence-corrected chi connectivity index (χ3v) is 5.40. The standard InChI is InChI=1S/C27H25FN4O5/c1-27(2,3)37-26(34)30-20-10-8-19(9-11-20)29-25(33)24-15-18-14-21(32(35)36)12-13-23(18)31(24)16-17-6-4-5-7-22(17)28/h4-15H,16H2,1-3H3,(H,29,33)(H,30,34). The molecule has 10 heteroatoms. The van der Waals surface area contributed by atoms with Gasteiger partial charge in [-0.2, -0.15) is 0 Å². The van der Waals surface area contributed by atoms with E-state index >= 15 is 0 Å². The van der Waals surface area contributed by atoms with Crippen LogP contribution in [0.4, 0.5) is 26.2 Å². The summed E-state index contributed by atoms with van der Waals surface area (Å²) in [6, 6.07) is 18.5. The molecule has 4 aromatic rings. The van der Waals surface area contributed by atoms with Crippen molar-refractivity contribution in [3.05, 3.63) is 100.0 Å². The molecular formula is C27H25FN4O5. The minimum Gasteiger partial charge on any atom is -0.444 e. The summed E-state index contributed by atoms with van der Waals surface area (Å²) in [6.07, 6.45) is -0.601. The van der Waals surface area contributed by atoms with E-state index in [0.717, 1.165) is 0 Å². The van der Waals surface area contributed by atoms with Gasteiger partial charge in [0, 0.05) is 40.0 Å². The minimum absolute atomic E-state index is 0.0511. The van der Waals surface area contributed by atoms with E-state index in [4.69, 9.17) is 4.74 Å². The predicted molar refractivity (Wildman–Crippen MR) is 138 cm³/mol. The van der Waals surface area contributed by atoms with Crippen LogP contribution < -0.4 is 10.6 Å². The van der Waals surface area contributed by atoms with Crippen molar-refractivity contribution in [3.63, 3.8) is 0 Å². The fourth-order valence-electron chi connectivity index (χ4n) is 3.78. The second-order valence-electron chi connectivity index (χ2n) is 9.37. The third kappa shape index (κ3) is 6.10. The molecule has 0 unspecified atom stereocenters. The summed E-state index contributed by atoms with van der Waals surface area (Å²) in [4.78, 5) is 36.0. The maximum atomic E-state index is 14.4. The Morgan fingerprint density at radius 2 is 1.62 bits per heavy atom. The Labute approximate surface area is 212 Å². The monoisotopic (exact) mass is 504 g/mol. The van der Waals surface area contributed by atoms with E-state index in [0.29, 0.717) is 27.8 Å². The number of aromatic nitrogens is 1. The average molecular weight is 505 g/mol. The number of hydrogen-bond acceptors (Lipinski definition) is 5. The third-order valence-electron chi connectivity index (χ3n) is 5.40. The number of anilines is 2. The largest absolute Gasteiger partial charge is 0.444 e. The zero-order chi connectivity index (χ0) is 26.7. The van der Waals surface area contributed by atoms with Crippen molar-refractivity contribution in [2.75, 3.05) is 10.6 Å². The molecule has 37 heavy (non-hydrogen) atoms. The van der Waals surface area contributed by atoms with Crippen LogP contribution in [0.2, 0.25) is 0 Å².